The van der Waals surface area contributed by atoms with E-state index in [4.69, 9.17) is 0 Å². The van der Waals surface area contributed by atoms with Crippen molar-refractivity contribution < 1.29 is 18.0 Å². The van der Waals surface area contributed by atoms with E-state index in [1.807, 2.05) is 0 Å². The zero-order valence-corrected chi connectivity index (χ0v) is 4.75. The second kappa shape index (κ2) is 2.70. The Morgan fingerprint density at radius 3 is 2.22 bits per heavy atom. The zero-order valence-electron chi connectivity index (χ0n) is 4.75. The Bertz CT molecular complexity index is 114. The van der Waals surface area contributed by atoms with Gasteiger partial charge in [0.1, 0.15) is 0 Å². The monoisotopic (exact) mass is 141 g/mol. The van der Waals surface area contributed by atoms with Crippen molar-refractivity contribution >= 4 is 5.91 Å². The molecule has 1 amide bonds. The number of carbonyl (C=O) groups is 1. The van der Waals surface area contributed by atoms with Crippen LogP contribution in [-0.4, -0.2) is 18.6 Å². The van der Waals surface area contributed by atoms with Crippen LogP contribution >= 0.6 is 0 Å². The Kier molecular flexibility index (Phi) is 2.48. The van der Waals surface area contributed by atoms with Gasteiger partial charge in [-0.05, 0) is 0 Å². The van der Waals surface area contributed by atoms with E-state index in [1.54, 1.807) is 0 Å². The largest absolute Gasteiger partial charge is 0.353 e. The summed E-state index contributed by atoms with van der Waals surface area (Å²) in [5.74, 6) is -0.947. The molecule has 0 aliphatic rings. The van der Waals surface area contributed by atoms with Crippen LogP contribution in [0.2, 0.25) is 0 Å². The lowest BCUT2D eigenvalue weighted by Gasteiger charge is -2.10. The van der Waals surface area contributed by atoms with Gasteiger partial charge in [0.05, 0.1) is 0 Å². The van der Waals surface area contributed by atoms with Gasteiger partial charge in [0.2, 0.25) is 5.91 Å². The summed E-state index contributed by atoms with van der Waals surface area (Å²) in [5, 5.41) is 1.12. The molecule has 0 spiro atoms. The van der Waals surface area contributed by atoms with Gasteiger partial charge in [-0.2, -0.15) is 8.78 Å². The van der Waals surface area contributed by atoms with Crippen molar-refractivity contribution in [3.8, 4) is 0 Å². The average Bonchev–Trinajstić information content (AvgIpc) is 1.63. The second-order valence-electron chi connectivity index (χ2n) is 1.52. The van der Waals surface area contributed by atoms with E-state index in [9.17, 15) is 18.0 Å². The molecule has 2 nitrogen and oxygen atoms in total. The summed E-state index contributed by atoms with van der Waals surface area (Å²) in [6, 6.07) is -3.70. The maximum atomic E-state index is 11.7. The first-order valence-corrected chi connectivity index (χ1v) is 2.20. The van der Waals surface area contributed by atoms with Crippen molar-refractivity contribution in [2.45, 2.75) is 13.0 Å². The third kappa shape index (κ3) is 3.81. The lowest BCUT2D eigenvalue weighted by atomic mass is 10.5. The molecule has 0 saturated heterocycles. The lowest BCUT2D eigenvalue weighted by molar-refractivity contribution is -0.132. The van der Waals surface area contributed by atoms with E-state index in [-0.39, 0.29) is 0 Å². The van der Waals surface area contributed by atoms with Crippen LogP contribution in [-0.2, 0) is 4.79 Å². The predicted octanol–water partition coefficient (Wildman–Crippen LogP) is 0.685. The Labute approximate surface area is 50.0 Å². The highest BCUT2D eigenvalue weighted by Gasteiger charge is 2.29. The van der Waals surface area contributed by atoms with Crippen LogP contribution in [0.25, 0.3) is 0 Å². The quantitative estimate of drug-likeness (QED) is 0.563. The van der Waals surface area contributed by atoms with Gasteiger partial charge >= 0.3 is 6.05 Å². The third-order valence-electron chi connectivity index (χ3n) is 0.527. The average molecular weight is 141 g/mol. The van der Waals surface area contributed by atoms with E-state index in [1.165, 1.54) is 0 Å². The van der Waals surface area contributed by atoms with Gasteiger partial charge in [0.25, 0.3) is 0 Å². The molecule has 0 heterocycles. The molecule has 0 aromatic rings. The molecule has 54 valence electrons. The Balaban J connectivity index is 3.71. The van der Waals surface area contributed by atoms with Crippen LogP contribution in [0, 0.1) is 0 Å². The summed E-state index contributed by atoms with van der Waals surface area (Å²) in [5.41, 5.74) is 0. The van der Waals surface area contributed by atoms with E-state index < -0.39 is 18.6 Å². The minimum Gasteiger partial charge on any atom is -0.295 e. The Morgan fingerprint density at radius 1 is 1.67 bits per heavy atom. The van der Waals surface area contributed by atoms with Crippen molar-refractivity contribution in [2.24, 2.45) is 0 Å². The zero-order chi connectivity index (χ0) is 7.49. The number of hydrogen-bond acceptors (Lipinski definition) is 1. The molecule has 0 aliphatic carbocycles. The van der Waals surface area contributed by atoms with Crippen molar-refractivity contribution in [3.05, 3.63) is 0 Å². The Morgan fingerprint density at radius 2 is 2.11 bits per heavy atom. The smallest absolute Gasteiger partial charge is 0.295 e. The number of halogens is 3. The number of rotatable bonds is 2. The molecule has 5 heteroatoms. The number of nitrogens with one attached hydrogen (secondary N) is 1. The van der Waals surface area contributed by atoms with Gasteiger partial charge in [0.15, 0.2) is 6.67 Å². The molecule has 0 rings (SSSR count). The molecule has 0 fully saturated rings. The van der Waals surface area contributed by atoms with E-state index >= 15 is 0 Å². The minimum absolute atomic E-state index is 0.892. The first-order chi connectivity index (χ1) is 3.98. The fraction of sp³-hybridized carbons (Fsp3) is 0.750. The summed E-state index contributed by atoms with van der Waals surface area (Å²) >= 11 is 0. The number of amides is 1. The molecular formula is C4H6F3NO. The predicted molar refractivity (Wildman–Crippen MR) is 24.7 cm³/mol. The van der Waals surface area contributed by atoms with Gasteiger partial charge < -0.3 is 0 Å². The van der Waals surface area contributed by atoms with E-state index in [2.05, 4.69) is 0 Å². The first kappa shape index (κ1) is 8.26. The summed E-state index contributed by atoms with van der Waals surface area (Å²) < 4.78 is 34.6. The van der Waals surface area contributed by atoms with Crippen LogP contribution in [0.15, 0.2) is 0 Å². The molecule has 9 heavy (non-hydrogen) atoms. The van der Waals surface area contributed by atoms with Gasteiger partial charge in [0, 0.05) is 6.92 Å². The lowest BCUT2D eigenvalue weighted by Crippen LogP contribution is -2.41. The van der Waals surface area contributed by atoms with E-state index in [0.717, 1.165) is 12.2 Å². The topological polar surface area (TPSA) is 29.1 Å². The maximum Gasteiger partial charge on any atom is 0.353 e. The summed E-state index contributed by atoms with van der Waals surface area (Å²) in [6.07, 6.45) is 0. The van der Waals surface area contributed by atoms with Crippen molar-refractivity contribution in [1.82, 2.24) is 5.32 Å². The molecule has 0 radical (unpaired) electrons. The number of carbonyl (C=O) groups excluding carboxylic acids is 1. The Hall–Kier alpha value is -0.740. The molecule has 0 unspecified atom stereocenters. The van der Waals surface area contributed by atoms with Crippen LogP contribution in [0.3, 0.4) is 0 Å². The van der Waals surface area contributed by atoms with Crippen molar-refractivity contribution in [1.29, 1.82) is 0 Å². The molecule has 0 aromatic carbocycles. The minimum atomic E-state index is -3.70. The fourth-order valence-corrected chi connectivity index (χ4v) is 0.291. The van der Waals surface area contributed by atoms with Gasteiger partial charge in [-0.25, -0.2) is 4.39 Å². The van der Waals surface area contributed by atoms with Crippen molar-refractivity contribution in [2.75, 3.05) is 6.67 Å². The molecule has 0 saturated carbocycles. The highest BCUT2D eigenvalue weighted by molar-refractivity contribution is 5.73. The summed E-state index contributed by atoms with van der Waals surface area (Å²) in [4.78, 5) is 9.86. The van der Waals surface area contributed by atoms with Gasteiger partial charge in [-0.1, -0.05) is 0 Å². The van der Waals surface area contributed by atoms with Crippen LogP contribution in [0.1, 0.15) is 6.92 Å². The molecule has 0 bridgehead atoms. The highest BCUT2D eigenvalue weighted by Crippen LogP contribution is 2.07. The molecular weight excluding hydrogens is 135 g/mol. The summed E-state index contributed by atoms with van der Waals surface area (Å²) in [6.45, 7) is -0.976. The summed E-state index contributed by atoms with van der Waals surface area (Å²) in [7, 11) is 0. The van der Waals surface area contributed by atoms with Crippen LogP contribution in [0.5, 0.6) is 0 Å². The molecule has 0 aromatic heterocycles. The maximum absolute atomic E-state index is 11.7. The molecule has 1 N–H and O–H groups in total. The van der Waals surface area contributed by atoms with Crippen LogP contribution in [0.4, 0.5) is 13.2 Å². The number of alkyl halides is 3. The van der Waals surface area contributed by atoms with Gasteiger partial charge in [-0.15, -0.1) is 0 Å². The van der Waals surface area contributed by atoms with E-state index in [0.29, 0.717) is 0 Å². The van der Waals surface area contributed by atoms with Gasteiger partial charge in [-0.3, -0.25) is 10.1 Å². The first-order valence-electron chi connectivity index (χ1n) is 2.20. The third-order valence-corrected chi connectivity index (χ3v) is 0.527. The normalized spacial score (nSPS) is 11.1. The number of hydrogen-bond donors (Lipinski definition) is 1. The molecule has 0 aliphatic heterocycles. The molecule has 0 atom stereocenters. The second-order valence-corrected chi connectivity index (χ2v) is 1.52. The SMILES string of the molecule is CC(=O)NC(F)(F)CF. The van der Waals surface area contributed by atoms with Crippen LogP contribution < -0.4 is 5.32 Å². The highest BCUT2D eigenvalue weighted by atomic mass is 19.3. The van der Waals surface area contributed by atoms with Crippen molar-refractivity contribution in [3.63, 3.8) is 0 Å². The standard InChI is InChI=1S/C4H6F3NO/c1-3(9)8-4(6,7)2-5/h2H2,1H3,(H,8,9). The fourth-order valence-electron chi connectivity index (χ4n) is 0.291.